The first-order valence-corrected chi connectivity index (χ1v) is 13.8. The van der Waals surface area contributed by atoms with Gasteiger partial charge in [0, 0.05) is 38.0 Å². The van der Waals surface area contributed by atoms with E-state index in [1.807, 2.05) is 0 Å². The van der Waals surface area contributed by atoms with Crippen LogP contribution in [0.25, 0.3) is 76.5 Å². The van der Waals surface area contributed by atoms with Gasteiger partial charge in [-0.3, -0.25) is 0 Å². The molecule has 0 aliphatic carbocycles. The van der Waals surface area contributed by atoms with Crippen LogP contribution in [0.1, 0.15) is 0 Å². The Balaban J connectivity index is 1.60. The van der Waals surface area contributed by atoms with Gasteiger partial charge in [-0.15, -0.1) is 0 Å². The van der Waals surface area contributed by atoms with Gasteiger partial charge in [0.15, 0.2) is 0 Å². The molecule has 2 nitrogen and oxygen atoms in total. The maximum atomic E-state index is 2.50. The van der Waals surface area contributed by atoms with Crippen LogP contribution in [0.2, 0.25) is 0 Å². The Labute approximate surface area is 230 Å². The van der Waals surface area contributed by atoms with Crippen molar-refractivity contribution in [3.8, 4) is 11.4 Å². The number of aromatic nitrogens is 2. The molecule has 0 N–H and O–H groups in total. The summed E-state index contributed by atoms with van der Waals surface area (Å²) in [6, 6.07) is 53.0. The molecule has 0 atom stereocenters. The van der Waals surface area contributed by atoms with Crippen LogP contribution >= 0.6 is 0 Å². The van der Waals surface area contributed by atoms with Crippen molar-refractivity contribution in [1.29, 1.82) is 0 Å². The standard InChI is InChI=1S/C38H24N2/c1-2-14-27(15-3-1)39-36-29-17-7-5-12-26(29)21-22-32(36)33-24-23-31-30-18-8-9-19-35(30)40(38(31)37(33)39)34-20-10-13-25-11-4-6-16-28(25)34/h1-24H. The summed E-state index contributed by atoms with van der Waals surface area (Å²) in [4.78, 5) is 0. The molecule has 7 aromatic carbocycles. The first-order chi connectivity index (χ1) is 19.9. The summed E-state index contributed by atoms with van der Waals surface area (Å²) in [5.41, 5.74) is 7.31. The number of fused-ring (bicyclic) bond motifs is 10. The molecule has 9 rings (SSSR count). The third-order valence-electron chi connectivity index (χ3n) is 8.47. The first kappa shape index (κ1) is 21.6. The average Bonchev–Trinajstić information content (AvgIpc) is 3.54. The molecule has 0 spiro atoms. The molecule has 9 aromatic rings. The lowest BCUT2D eigenvalue weighted by atomic mass is 10.0. The zero-order valence-electron chi connectivity index (χ0n) is 21.8. The second kappa shape index (κ2) is 8.08. The molecule has 0 fully saturated rings. The van der Waals surface area contributed by atoms with E-state index in [0.29, 0.717) is 0 Å². The van der Waals surface area contributed by atoms with Crippen LogP contribution in [0.15, 0.2) is 146 Å². The summed E-state index contributed by atoms with van der Waals surface area (Å²) >= 11 is 0. The van der Waals surface area contributed by atoms with Crippen LogP contribution in [0.3, 0.4) is 0 Å². The van der Waals surface area contributed by atoms with E-state index in [9.17, 15) is 0 Å². The van der Waals surface area contributed by atoms with Crippen molar-refractivity contribution in [2.45, 2.75) is 0 Å². The van der Waals surface area contributed by atoms with Gasteiger partial charge in [0.25, 0.3) is 0 Å². The van der Waals surface area contributed by atoms with Gasteiger partial charge in [0.2, 0.25) is 0 Å². The monoisotopic (exact) mass is 508 g/mol. The second-order valence-corrected chi connectivity index (χ2v) is 10.6. The fourth-order valence-corrected chi connectivity index (χ4v) is 6.80. The van der Waals surface area contributed by atoms with Crippen molar-refractivity contribution in [2.75, 3.05) is 0 Å². The van der Waals surface area contributed by atoms with Crippen LogP contribution in [0.4, 0.5) is 0 Å². The summed E-state index contributed by atoms with van der Waals surface area (Å²) in [5, 5.41) is 10.1. The molecule has 0 saturated carbocycles. The van der Waals surface area contributed by atoms with E-state index in [1.54, 1.807) is 0 Å². The third kappa shape index (κ3) is 2.82. The summed E-state index contributed by atoms with van der Waals surface area (Å²) < 4.78 is 4.99. The Hall–Kier alpha value is -5.34. The van der Waals surface area contributed by atoms with Crippen molar-refractivity contribution < 1.29 is 0 Å². The highest BCUT2D eigenvalue weighted by molar-refractivity contribution is 6.27. The Bertz CT molecular complexity index is 2420. The Kier molecular flexibility index (Phi) is 4.36. The molecule has 0 saturated heterocycles. The van der Waals surface area contributed by atoms with Crippen LogP contribution < -0.4 is 0 Å². The normalized spacial score (nSPS) is 12.0. The number of hydrogen-bond acceptors (Lipinski definition) is 0. The number of benzene rings is 7. The topological polar surface area (TPSA) is 9.86 Å². The number of nitrogens with zero attached hydrogens (tertiary/aromatic N) is 2. The van der Waals surface area contributed by atoms with E-state index in [1.165, 1.54) is 76.5 Å². The minimum Gasteiger partial charge on any atom is -0.307 e. The molecule has 0 bridgehead atoms. The van der Waals surface area contributed by atoms with E-state index in [-0.39, 0.29) is 0 Å². The maximum Gasteiger partial charge on any atom is 0.0789 e. The Morgan fingerprint density at radius 2 is 0.850 bits per heavy atom. The van der Waals surface area contributed by atoms with Crippen LogP contribution in [0, 0.1) is 0 Å². The van der Waals surface area contributed by atoms with E-state index in [4.69, 9.17) is 0 Å². The van der Waals surface area contributed by atoms with Crippen LogP contribution in [0.5, 0.6) is 0 Å². The fraction of sp³-hybridized carbons (Fsp3) is 0. The van der Waals surface area contributed by atoms with Gasteiger partial charge in [0.05, 0.1) is 27.8 Å². The molecule has 0 aliphatic rings. The van der Waals surface area contributed by atoms with Gasteiger partial charge in [0.1, 0.15) is 0 Å². The zero-order valence-corrected chi connectivity index (χ0v) is 21.8. The van der Waals surface area contributed by atoms with Gasteiger partial charge in [-0.25, -0.2) is 0 Å². The maximum absolute atomic E-state index is 2.50. The Morgan fingerprint density at radius 3 is 1.68 bits per heavy atom. The predicted molar refractivity (Wildman–Crippen MR) is 170 cm³/mol. The van der Waals surface area contributed by atoms with Crippen molar-refractivity contribution >= 4 is 65.2 Å². The van der Waals surface area contributed by atoms with Crippen LogP contribution in [-0.2, 0) is 0 Å². The third-order valence-corrected chi connectivity index (χ3v) is 8.47. The van der Waals surface area contributed by atoms with E-state index in [0.717, 1.165) is 0 Å². The number of hydrogen-bond donors (Lipinski definition) is 0. The highest BCUT2D eigenvalue weighted by Crippen LogP contribution is 2.43. The lowest BCUT2D eigenvalue weighted by Crippen LogP contribution is -1.99. The molecular formula is C38H24N2. The molecule has 186 valence electrons. The van der Waals surface area contributed by atoms with Crippen molar-refractivity contribution in [1.82, 2.24) is 9.13 Å². The average molecular weight is 509 g/mol. The molecule has 40 heavy (non-hydrogen) atoms. The van der Waals surface area contributed by atoms with Crippen molar-refractivity contribution in [3.05, 3.63) is 146 Å². The summed E-state index contributed by atoms with van der Waals surface area (Å²) in [5.74, 6) is 0. The summed E-state index contributed by atoms with van der Waals surface area (Å²) in [7, 11) is 0. The van der Waals surface area contributed by atoms with Crippen molar-refractivity contribution in [3.63, 3.8) is 0 Å². The Morgan fingerprint density at radius 1 is 0.300 bits per heavy atom. The lowest BCUT2D eigenvalue weighted by Gasteiger charge is -2.14. The quantitative estimate of drug-likeness (QED) is 0.220. The lowest BCUT2D eigenvalue weighted by molar-refractivity contribution is 1.16. The van der Waals surface area contributed by atoms with Gasteiger partial charge in [-0.1, -0.05) is 121 Å². The van der Waals surface area contributed by atoms with Gasteiger partial charge < -0.3 is 9.13 Å². The van der Waals surface area contributed by atoms with E-state index >= 15 is 0 Å². The molecule has 2 heteroatoms. The largest absolute Gasteiger partial charge is 0.307 e. The molecule has 0 aliphatic heterocycles. The zero-order chi connectivity index (χ0) is 26.2. The summed E-state index contributed by atoms with van der Waals surface area (Å²) in [6.45, 7) is 0. The predicted octanol–water partition coefficient (Wildman–Crippen LogP) is 10.2. The second-order valence-electron chi connectivity index (χ2n) is 10.6. The number of rotatable bonds is 2. The van der Waals surface area contributed by atoms with Crippen LogP contribution in [-0.4, -0.2) is 9.13 Å². The molecule has 2 aromatic heterocycles. The first-order valence-electron chi connectivity index (χ1n) is 13.8. The molecule has 0 radical (unpaired) electrons. The van der Waals surface area contributed by atoms with Crippen molar-refractivity contribution in [2.24, 2.45) is 0 Å². The van der Waals surface area contributed by atoms with Gasteiger partial charge >= 0.3 is 0 Å². The number of para-hydroxylation sites is 2. The van der Waals surface area contributed by atoms with Gasteiger partial charge in [-0.05, 0) is 35.0 Å². The molecule has 0 amide bonds. The minimum atomic E-state index is 1.17. The smallest absolute Gasteiger partial charge is 0.0789 e. The van der Waals surface area contributed by atoms with Gasteiger partial charge in [-0.2, -0.15) is 0 Å². The highest BCUT2D eigenvalue weighted by atomic mass is 15.0. The SMILES string of the molecule is c1ccc(-n2c3c4ccccc4ccc3c3ccc4c5ccccc5n(-c5cccc6ccccc56)c4c32)cc1. The highest BCUT2D eigenvalue weighted by Gasteiger charge is 2.22. The molecular weight excluding hydrogens is 484 g/mol. The van der Waals surface area contributed by atoms with E-state index in [2.05, 4.69) is 155 Å². The fourth-order valence-electron chi connectivity index (χ4n) is 6.80. The minimum absolute atomic E-state index is 1.17. The molecule has 2 heterocycles. The summed E-state index contributed by atoms with van der Waals surface area (Å²) in [6.07, 6.45) is 0. The van der Waals surface area contributed by atoms with E-state index < -0.39 is 0 Å². The molecule has 0 unspecified atom stereocenters.